The number of hydrogen-bond acceptors (Lipinski definition) is 16. The van der Waals surface area contributed by atoms with Crippen LogP contribution in [0.4, 0.5) is 0 Å². The molecule has 0 radical (unpaired) electrons. The molecular formula is C83H99Cl2N3O15. The summed E-state index contributed by atoms with van der Waals surface area (Å²) in [6.45, 7) is 11.6. The molecule has 0 aromatic heterocycles. The Morgan fingerprint density at radius 3 is 1.02 bits per heavy atom. The summed E-state index contributed by atoms with van der Waals surface area (Å²) in [5.74, 6) is -0.852. The van der Waals surface area contributed by atoms with Gasteiger partial charge in [-0.15, -0.1) is 0 Å². The van der Waals surface area contributed by atoms with Crippen molar-refractivity contribution in [3.05, 3.63) is 265 Å². The molecule has 0 amide bonds. The van der Waals surface area contributed by atoms with Gasteiger partial charge in [0.2, 0.25) is 0 Å². The molecule has 103 heavy (non-hydrogen) atoms. The number of carboxylic acid groups (broad SMARTS) is 2. The lowest BCUT2D eigenvalue weighted by Gasteiger charge is -2.23. The number of carbonyl (C=O) groups excluding carboxylic acids is 4. The van der Waals surface area contributed by atoms with E-state index in [0.717, 1.165) is 153 Å². The van der Waals surface area contributed by atoms with Crippen LogP contribution in [-0.4, -0.2) is 134 Å². The number of halogens is 2. The number of esters is 4. The van der Waals surface area contributed by atoms with Crippen molar-refractivity contribution in [1.82, 2.24) is 14.7 Å². The van der Waals surface area contributed by atoms with Crippen molar-refractivity contribution in [2.75, 3.05) is 67.7 Å². The number of rotatable bonds is 39. The summed E-state index contributed by atoms with van der Waals surface area (Å²) in [7, 11) is 5.56. The van der Waals surface area contributed by atoms with Gasteiger partial charge in [-0.2, -0.15) is 0 Å². The highest BCUT2D eigenvalue weighted by Crippen LogP contribution is 2.26. The summed E-state index contributed by atoms with van der Waals surface area (Å²) in [4.78, 5) is 75.1. The third-order valence-corrected chi connectivity index (χ3v) is 17.4. The van der Waals surface area contributed by atoms with Crippen LogP contribution < -0.4 is 9.47 Å². The number of benzene rings is 8. The average molecular weight is 1450 g/mol. The number of aromatic hydroxyl groups is 1. The molecule has 18 nitrogen and oxygen atoms in total. The molecule has 8 aromatic rings. The van der Waals surface area contributed by atoms with Gasteiger partial charge in [0.1, 0.15) is 30.5 Å². The van der Waals surface area contributed by atoms with Gasteiger partial charge in [-0.25, -0.2) is 14.4 Å². The summed E-state index contributed by atoms with van der Waals surface area (Å²) in [6.07, 6.45) is 7.92. The molecule has 550 valence electrons. The summed E-state index contributed by atoms with van der Waals surface area (Å²) in [6, 6.07) is 60.4. The fourth-order valence-corrected chi connectivity index (χ4v) is 11.3. The molecule has 0 saturated carbocycles. The molecule has 0 aliphatic carbocycles. The van der Waals surface area contributed by atoms with Crippen LogP contribution in [0.3, 0.4) is 0 Å². The Labute approximate surface area is 617 Å². The smallest absolute Gasteiger partial charge is 0.337 e. The molecule has 0 aliphatic rings. The molecule has 3 N–H and O–H groups in total. The Morgan fingerprint density at radius 2 is 0.680 bits per heavy atom. The first-order valence-electron chi connectivity index (χ1n) is 34.8. The topological polar surface area (TPSA) is 228 Å². The molecule has 8 aromatic carbocycles. The highest BCUT2D eigenvalue weighted by atomic mass is 35.5. The van der Waals surface area contributed by atoms with Crippen LogP contribution in [0.1, 0.15) is 147 Å². The molecule has 0 saturated heterocycles. The van der Waals surface area contributed by atoms with E-state index in [9.17, 15) is 33.9 Å². The van der Waals surface area contributed by atoms with Crippen molar-refractivity contribution in [1.29, 1.82) is 0 Å². The van der Waals surface area contributed by atoms with E-state index < -0.39 is 11.9 Å². The minimum Gasteiger partial charge on any atom is -0.508 e. The third-order valence-electron chi connectivity index (χ3n) is 16.7. The van der Waals surface area contributed by atoms with E-state index in [0.29, 0.717) is 72.5 Å². The number of phenols is 1. The Bertz CT molecular complexity index is 3830. The van der Waals surface area contributed by atoms with E-state index in [4.69, 9.17) is 61.8 Å². The molecular weight excluding hydrogens is 1350 g/mol. The third kappa shape index (κ3) is 32.1. The molecule has 8 rings (SSSR count). The van der Waals surface area contributed by atoms with Crippen molar-refractivity contribution in [2.24, 2.45) is 0 Å². The maximum atomic E-state index is 11.8. The van der Waals surface area contributed by atoms with E-state index in [1.807, 2.05) is 159 Å². The summed E-state index contributed by atoms with van der Waals surface area (Å²) in [5.41, 5.74) is 9.49. The number of phenolic OH excluding ortho intramolecular Hbond substituents is 1. The van der Waals surface area contributed by atoms with Crippen LogP contribution in [0, 0.1) is 0 Å². The van der Waals surface area contributed by atoms with Crippen molar-refractivity contribution >= 4 is 59.0 Å². The molecule has 0 bridgehead atoms. The zero-order valence-corrected chi connectivity index (χ0v) is 61.6. The largest absolute Gasteiger partial charge is 0.508 e. The zero-order valence-electron chi connectivity index (χ0n) is 60.1. The van der Waals surface area contributed by atoms with Gasteiger partial charge in [0.05, 0.1) is 45.1 Å². The molecule has 0 atom stereocenters. The lowest BCUT2D eigenvalue weighted by atomic mass is 10.1. The number of para-hydroxylation sites is 3. The van der Waals surface area contributed by atoms with Crippen molar-refractivity contribution in [3.63, 3.8) is 0 Å². The van der Waals surface area contributed by atoms with Crippen molar-refractivity contribution < 1.29 is 72.5 Å². The first-order chi connectivity index (χ1) is 49.9. The number of carbonyl (C=O) groups is 6. The van der Waals surface area contributed by atoms with Crippen LogP contribution in [0.5, 0.6) is 17.2 Å². The second-order valence-electron chi connectivity index (χ2n) is 24.0. The minimum absolute atomic E-state index is 0.153. The van der Waals surface area contributed by atoms with Gasteiger partial charge in [-0.3, -0.25) is 29.1 Å². The second kappa shape index (κ2) is 48.3. The van der Waals surface area contributed by atoms with E-state index in [1.165, 1.54) is 28.4 Å². The van der Waals surface area contributed by atoms with Gasteiger partial charge in [-0.05, 0) is 178 Å². The number of aromatic carboxylic acids is 1. The SMILES string of the molecule is CC.COC(=O)CCCCN(CCc1ccccc1O)Cc1ccc(C(=O)OC)cc1.COC(=O)CCCCN(CCc1ccccc1OCc1ccccc1Cl)Cc1ccc(C(=O)OC)cc1.O=C(O)CCCCN(CCc1ccccc1OCc1ccccc1Cl)Cc1ccc(C(=O)O)cc1. The highest BCUT2D eigenvalue weighted by molar-refractivity contribution is 6.31. The van der Waals surface area contributed by atoms with Gasteiger partial charge < -0.3 is 43.7 Å². The van der Waals surface area contributed by atoms with Crippen LogP contribution in [0.15, 0.2) is 194 Å². The number of ether oxygens (including phenoxy) is 6. The second-order valence-corrected chi connectivity index (χ2v) is 24.8. The maximum Gasteiger partial charge on any atom is 0.337 e. The van der Waals surface area contributed by atoms with Crippen molar-refractivity contribution in [3.8, 4) is 17.2 Å². The minimum atomic E-state index is -0.949. The Kier molecular flexibility index (Phi) is 39.5. The number of unbranched alkanes of at least 4 members (excludes halogenated alkanes) is 3. The Balaban J connectivity index is 0.000000276. The summed E-state index contributed by atoms with van der Waals surface area (Å²) >= 11 is 12.6. The lowest BCUT2D eigenvalue weighted by Crippen LogP contribution is -2.27. The Hall–Kier alpha value is -9.56. The number of methoxy groups -OCH3 is 4. The van der Waals surface area contributed by atoms with Gasteiger partial charge in [0.15, 0.2) is 0 Å². The fraction of sp³-hybridized carbons (Fsp3) is 0.349. The average Bonchev–Trinajstić information content (AvgIpc) is 0.888. The fourth-order valence-electron chi connectivity index (χ4n) is 10.9. The monoisotopic (exact) mass is 1450 g/mol. The van der Waals surface area contributed by atoms with Crippen LogP contribution >= 0.6 is 23.2 Å². The normalized spacial score (nSPS) is 10.7. The van der Waals surface area contributed by atoms with Gasteiger partial charge in [0.25, 0.3) is 0 Å². The maximum absolute atomic E-state index is 11.8. The number of nitrogens with zero attached hydrogens (tertiary/aromatic N) is 3. The molecule has 0 aliphatic heterocycles. The number of hydrogen-bond donors (Lipinski definition) is 3. The van der Waals surface area contributed by atoms with Crippen LogP contribution in [0.2, 0.25) is 10.0 Å². The highest BCUT2D eigenvalue weighted by Gasteiger charge is 2.17. The Morgan fingerprint density at radius 1 is 0.359 bits per heavy atom. The van der Waals surface area contributed by atoms with E-state index in [-0.39, 0.29) is 35.9 Å². The van der Waals surface area contributed by atoms with Gasteiger partial charge in [0, 0.05) is 79.7 Å². The molecule has 0 spiro atoms. The molecule has 20 heteroatoms. The summed E-state index contributed by atoms with van der Waals surface area (Å²) < 4.78 is 31.2. The number of carboxylic acids is 2. The summed E-state index contributed by atoms with van der Waals surface area (Å²) in [5, 5.41) is 29.4. The van der Waals surface area contributed by atoms with Crippen molar-refractivity contribution in [2.45, 2.75) is 124 Å². The van der Waals surface area contributed by atoms with Crippen LogP contribution in [-0.2, 0) is 85.4 Å². The van der Waals surface area contributed by atoms with Gasteiger partial charge in [-0.1, -0.05) is 164 Å². The predicted octanol–water partition coefficient (Wildman–Crippen LogP) is 16.6. The molecule has 0 heterocycles. The van der Waals surface area contributed by atoms with Gasteiger partial charge >= 0.3 is 35.8 Å². The first-order valence-corrected chi connectivity index (χ1v) is 35.6. The predicted molar refractivity (Wildman–Crippen MR) is 403 cm³/mol. The lowest BCUT2D eigenvalue weighted by molar-refractivity contribution is -0.141. The molecule has 0 unspecified atom stereocenters. The van der Waals surface area contributed by atoms with Crippen LogP contribution in [0.25, 0.3) is 0 Å². The quantitative estimate of drug-likeness (QED) is 0.0185. The zero-order chi connectivity index (χ0) is 74.6. The van der Waals surface area contributed by atoms with E-state index in [1.54, 1.807) is 42.5 Å². The standard InChI is InChI=1S/C30H34ClNO5.C28H30ClNO5.C23H29NO5.C2H6/c1-35-29(33)13-7-8-19-32(21-23-14-16-25(17-15-23)30(34)36-2)20-18-24-9-4-6-12-28(24)37-22-26-10-3-5-11-27(26)31;29-25-9-3-1-8-24(25)20-35-26-10-4-2-7-22(26)16-18-30(17-6-5-11-27(31)32)19-21-12-14-23(15-13-21)28(33)34;1-28-22(26)9-5-6-15-24(16-14-19-7-3-4-8-21(19)25)17-18-10-12-20(13-11-18)23(27)29-2;1-2/h3-6,9-12,14-17H,7-8,13,18-22H2,1-2H3;1-4,7-10,12-15H,5-6,11,16-20H2,(H,31,32)(H,33,34);3-4,7-8,10-13,25H,5-6,9,14-17H2,1-2H3;1-2H3. The number of aliphatic carboxylic acids is 1. The van der Waals surface area contributed by atoms with E-state index in [2.05, 4.69) is 20.8 Å². The molecule has 0 fully saturated rings. The van der Waals surface area contributed by atoms with E-state index >= 15 is 0 Å². The first kappa shape index (κ1) is 84.1.